The third kappa shape index (κ3) is 3.76. The van der Waals surface area contributed by atoms with Crippen molar-refractivity contribution in [3.63, 3.8) is 0 Å². The zero-order valence-electron chi connectivity index (χ0n) is 15.1. The Morgan fingerprint density at radius 1 is 1.04 bits per heavy atom. The highest BCUT2D eigenvalue weighted by atomic mass is 32.2. The third-order valence-electron chi connectivity index (χ3n) is 4.03. The fourth-order valence-electron chi connectivity index (χ4n) is 2.55. The number of anilines is 1. The second-order valence-electron chi connectivity index (χ2n) is 6.09. The molecule has 0 saturated carbocycles. The van der Waals surface area contributed by atoms with Crippen molar-refractivity contribution in [3.05, 3.63) is 65.9 Å². The van der Waals surface area contributed by atoms with E-state index in [1.54, 1.807) is 19.1 Å². The van der Waals surface area contributed by atoms with Crippen LogP contribution in [0.3, 0.4) is 0 Å². The van der Waals surface area contributed by atoms with Crippen molar-refractivity contribution < 1.29 is 17.7 Å². The van der Waals surface area contributed by atoms with Gasteiger partial charge in [0.1, 0.15) is 17.0 Å². The average Bonchev–Trinajstić information content (AvgIpc) is 3.04. The van der Waals surface area contributed by atoms with E-state index in [0.29, 0.717) is 22.7 Å². The summed E-state index contributed by atoms with van der Waals surface area (Å²) in [5.74, 6) is 0.0222. The van der Waals surface area contributed by atoms with Crippen LogP contribution in [0, 0.1) is 6.92 Å². The molecule has 0 aliphatic heterocycles. The van der Waals surface area contributed by atoms with E-state index in [0.717, 1.165) is 9.87 Å². The SMILES string of the molecule is Cc1onc(-c2ccccc2)c1C(=O)Nc1ccc(S(=O)(=O)N(C)C)cc1. The molecule has 0 bridgehead atoms. The van der Waals surface area contributed by atoms with Crippen LogP contribution in [0.1, 0.15) is 16.1 Å². The first-order valence-electron chi connectivity index (χ1n) is 8.16. The normalized spacial score (nSPS) is 11.6. The number of carbonyl (C=O) groups excluding carboxylic acids is 1. The van der Waals surface area contributed by atoms with Crippen LogP contribution in [0.25, 0.3) is 11.3 Å². The quantitative estimate of drug-likeness (QED) is 0.728. The van der Waals surface area contributed by atoms with E-state index in [1.165, 1.54) is 26.2 Å². The fraction of sp³-hybridized carbons (Fsp3) is 0.158. The molecule has 8 heteroatoms. The highest BCUT2D eigenvalue weighted by Gasteiger charge is 2.22. The maximum Gasteiger partial charge on any atom is 0.261 e. The molecule has 0 atom stereocenters. The van der Waals surface area contributed by atoms with E-state index in [1.807, 2.05) is 30.3 Å². The van der Waals surface area contributed by atoms with Crippen molar-refractivity contribution in [3.8, 4) is 11.3 Å². The van der Waals surface area contributed by atoms with Gasteiger partial charge < -0.3 is 9.84 Å². The number of rotatable bonds is 5. The van der Waals surface area contributed by atoms with E-state index in [4.69, 9.17) is 4.52 Å². The lowest BCUT2D eigenvalue weighted by molar-refractivity contribution is 0.102. The van der Waals surface area contributed by atoms with E-state index < -0.39 is 10.0 Å². The summed E-state index contributed by atoms with van der Waals surface area (Å²) in [6.07, 6.45) is 0. The molecule has 1 heterocycles. The summed E-state index contributed by atoms with van der Waals surface area (Å²) in [5.41, 5.74) is 2.04. The highest BCUT2D eigenvalue weighted by molar-refractivity contribution is 7.89. The van der Waals surface area contributed by atoms with Crippen molar-refractivity contribution in [2.45, 2.75) is 11.8 Å². The summed E-state index contributed by atoms with van der Waals surface area (Å²) in [7, 11) is -0.593. The average molecular weight is 385 g/mol. The zero-order valence-corrected chi connectivity index (χ0v) is 15.9. The van der Waals surface area contributed by atoms with E-state index >= 15 is 0 Å². The number of nitrogens with one attached hydrogen (secondary N) is 1. The largest absolute Gasteiger partial charge is 0.360 e. The molecule has 2 aromatic carbocycles. The molecule has 0 spiro atoms. The van der Waals surface area contributed by atoms with Gasteiger partial charge >= 0.3 is 0 Å². The van der Waals surface area contributed by atoms with E-state index in [-0.39, 0.29) is 10.8 Å². The number of aryl methyl sites for hydroxylation is 1. The molecule has 27 heavy (non-hydrogen) atoms. The molecule has 0 saturated heterocycles. The van der Waals surface area contributed by atoms with Crippen LogP contribution in [-0.2, 0) is 10.0 Å². The Kier molecular flexibility index (Phi) is 5.11. The second-order valence-corrected chi connectivity index (χ2v) is 8.25. The molecule has 3 aromatic rings. The first kappa shape index (κ1) is 18.8. The van der Waals surface area contributed by atoms with Gasteiger partial charge in [-0.25, -0.2) is 12.7 Å². The van der Waals surface area contributed by atoms with Crippen molar-refractivity contribution in [1.82, 2.24) is 9.46 Å². The number of carbonyl (C=O) groups is 1. The summed E-state index contributed by atoms with van der Waals surface area (Å²) in [6, 6.07) is 15.2. The van der Waals surface area contributed by atoms with Crippen molar-refractivity contribution in [2.75, 3.05) is 19.4 Å². The van der Waals surface area contributed by atoms with Gasteiger partial charge in [0.25, 0.3) is 5.91 Å². The van der Waals surface area contributed by atoms with Gasteiger partial charge in [-0.3, -0.25) is 4.79 Å². The van der Waals surface area contributed by atoms with Gasteiger partial charge in [0.2, 0.25) is 10.0 Å². The molecular weight excluding hydrogens is 366 g/mol. The first-order chi connectivity index (χ1) is 12.8. The molecule has 1 amide bonds. The number of hydrogen-bond donors (Lipinski definition) is 1. The molecule has 3 rings (SSSR count). The van der Waals surface area contributed by atoms with Gasteiger partial charge in [-0.15, -0.1) is 0 Å². The number of sulfonamides is 1. The van der Waals surface area contributed by atoms with E-state index in [9.17, 15) is 13.2 Å². The van der Waals surface area contributed by atoms with Gasteiger partial charge in [0, 0.05) is 25.3 Å². The Morgan fingerprint density at radius 2 is 1.67 bits per heavy atom. The van der Waals surface area contributed by atoms with E-state index in [2.05, 4.69) is 10.5 Å². The van der Waals surface area contributed by atoms with Crippen LogP contribution in [0.4, 0.5) is 5.69 Å². The standard InChI is InChI=1S/C19H19N3O4S/c1-13-17(18(21-26-13)14-7-5-4-6-8-14)19(23)20-15-9-11-16(12-10-15)27(24,25)22(2)3/h4-12H,1-3H3,(H,20,23). The maximum absolute atomic E-state index is 12.7. The van der Waals surface area contributed by atoms with Crippen molar-refractivity contribution in [2.24, 2.45) is 0 Å². The molecule has 0 radical (unpaired) electrons. The molecule has 0 aliphatic carbocycles. The molecule has 140 valence electrons. The van der Waals surface area contributed by atoms with Crippen LogP contribution >= 0.6 is 0 Å². The number of benzene rings is 2. The van der Waals surface area contributed by atoms with Crippen LogP contribution < -0.4 is 5.32 Å². The Hall–Kier alpha value is -2.97. The summed E-state index contributed by atoms with van der Waals surface area (Å²) >= 11 is 0. The number of amides is 1. The van der Waals surface area contributed by atoms with Crippen molar-refractivity contribution >= 4 is 21.6 Å². The predicted molar refractivity (Wildman–Crippen MR) is 102 cm³/mol. The molecule has 1 N–H and O–H groups in total. The molecule has 1 aromatic heterocycles. The lowest BCUT2D eigenvalue weighted by Gasteiger charge is -2.12. The topological polar surface area (TPSA) is 92.5 Å². The molecule has 0 fully saturated rings. The third-order valence-corrected chi connectivity index (χ3v) is 5.86. The van der Waals surface area contributed by atoms with Gasteiger partial charge in [0.05, 0.1) is 4.90 Å². The number of nitrogens with zero attached hydrogens (tertiary/aromatic N) is 2. The summed E-state index contributed by atoms with van der Waals surface area (Å²) in [6.45, 7) is 1.67. The van der Waals surface area contributed by atoms with Crippen LogP contribution in [-0.4, -0.2) is 37.9 Å². The molecule has 7 nitrogen and oxygen atoms in total. The monoisotopic (exact) mass is 385 g/mol. The summed E-state index contributed by atoms with van der Waals surface area (Å²) in [4.78, 5) is 12.9. The lowest BCUT2D eigenvalue weighted by atomic mass is 10.1. The highest BCUT2D eigenvalue weighted by Crippen LogP contribution is 2.26. The Balaban J connectivity index is 1.86. The van der Waals surface area contributed by atoms with Crippen LogP contribution in [0.5, 0.6) is 0 Å². The van der Waals surface area contributed by atoms with Crippen molar-refractivity contribution in [1.29, 1.82) is 0 Å². The van der Waals surface area contributed by atoms with Crippen LogP contribution in [0.2, 0.25) is 0 Å². The minimum Gasteiger partial charge on any atom is -0.360 e. The second kappa shape index (κ2) is 7.34. The minimum absolute atomic E-state index is 0.150. The Bertz CT molecular complexity index is 1060. The maximum atomic E-state index is 12.7. The van der Waals surface area contributed by atoms with Crippen LogP contribution in [0.15, 0.2) is 64.0 Å². The molecule has 0 aliphatic rings. The number of aromatic nitrogens is 1. The Morgan fingerprint density at radius 3 is 2.26 bits per heavy atom. The minimum atomic E-state index is -3.52. The van der Waals surface area contributed by atoms with Gasteiger partial charge in [0.15, 0.2) is 0 Å². The molecular formula is C19H19N3O4S. The first-order valence-corrected chi connectivity index (χ1v) is 9.60. The fourth-order valence-corrected chi connectivity index (χ4v) is 3.45. The summed E-state index contributed by atoms with van der Waals surface area (Å²) < 4.78 is 30.6. The smallest absolute Gasteiger partial charge is 0.261 e. The Labute approximate surface area is 157 Å². The number of hydrogen-bond acceptors (Lipinski definition) is 5. The van der Waals surface area contributed by atoms with Gasteiger partial charge in [-0.05, 0) is 31.2 Å². The molecule has 0 unspecified atom stereocenters. The zero-order chi connectivity index (χ0) is 19.6. The van der Waals surface area contributed by atoms with Gasteiger partial charge in [-0.1, -0.05) is 35.5 Å². The summed E-state index contributed by atoms with van der Waals surface area (Å²) in [5, 5.41) is 6.75. The lowest BCUT2D eigenvalue weighted by Crippen LogP contribution is -2.22. The van der Waals surface area contributed by atoms with Gasteiger partial charge in [-0.2, -0.15) is 0 Å². The predicted octanol–water partition coefficient (Wildman–Crippen LogP) is 3.15.